The van der Waals surface area contributed by atoms with Crippen LogP contribution in [0.4, 0.5) is 8.63 Å². The van der Waals surface area contributed by atoms with Gasteiger partial charge in [-0.05, 0) is 74.7 Å². The number of hydrogen-bond donors (Lipinski definition) is 1. The van der Waals surface area contributed by atoms with Gasteiger partial charge in [0.25, 0.3) is 0 Å². The van der Waals surface area contributed by atoms with Crippen molar-refractivity contribution in [3.8, 4) is 11.8 Å². The third-order valence-electron chi connectivity index (χ3n) is 5.62. The molecule has 11 heteroatoms. The number of aromatic nitrogens is 2. The highest BCUT2D eigenvalue weighted by Crippen LogP contribution is 2.26. The van der Waals surface area contributed by atoms with Gasteiger partial charge in [-0.15, -0.1) is 11.3 Å². The molecule has 1 aliphatic heterocycles. The minimum absolute atomic E-state index is 0.104. The van der Waals surface area contributed by atoms with E-state index in [9.17, 15) is 13.4 Å². The van der Waals surface area contributed by atoms with Crippen LogP contribution in [0, 0.1) is 11.3 Å². The molecule has 2 aromatic heterocycles. The number of thiazole rings is 1. The minimum atomic E-state index is -2.71. The van der Waals surface area contributed by atoms with Crippen molar-refractivity contribution in [2.24, 2.45) is 4.99 Å². The molecule has 0 saturated carbocycles. The number of halogens is 2. The molecule has 4 rings (SSSR count). The highest BCUT2D eigenvalue weighted by molar-refractivity contribution is 7.19. The highest BCUT2D eigenvalue weighted by Gasteiger charge is 2.23. The number of carbonyl (C=O) groups is 1. The zero-order valence-corrected chi connectivity index (χ0v) is 20.7. The van der Waals surface area contributed by atoms with Crippen LogP contribution >= 0.6 is 11.3 Å². The number of rotatable bonds is 10. The number of aryl methyl sites for hydroxylation is 1. The van der Waals surface area contributed by atoms with Gasteiger partial charge in [-0.2, -0.15) is 5.26 Å². The average Bonchev–Trinajstić information content (AvgIpc) is 3.53. The molecule has 0 fully saturated rings. The van der Waals surface area contributed by atoms with E-state index in [0.29, 0.717) is 47.4 Å². The van der Waals surface area contributed by atoms with Crippen molar-refractivity contribution in [2.75, 3.05) is 13.2 Å². The molecule has 0 radical (unpaired) electrons. The van der Waals surface area contributed by atoms with Crippen LogP contribution in [-0.4, -0.2) is 41.6 Å². The molecular weight excluding hydrogens is 483 g/mol. The molecule has 1 N–H and O–H groups in total. The summed E-state index contributed by atoms with van der Waals surface area (Å²) in [5.41, 5.74) is 3.95. The number of aliphatic imine (C=N–C) groups is 1. The van der Waals surface area contributed by atoms with E-state index in [-0.39, 0.29) is 18.7 Å². The lowest BCUT2D eigenvalue weighted by Gasteiger charge is -2.10. The number of allylic oxidation sites excluding steroid dienone is 2. The highest BCUT2D eigenvalue weighted by atomic mass is 32.1. The lowest BCUT2D eigenvalue weighted by molar-refractivity contribution is -0.121. The Balaban J connectivity index is 1.23. The van der Waals surface area contributed by atoms with Gasteiger partial charge in [0.1, 0.15) is 11.8 Å². The molecule has 1 amide bonds. The number of carbonyl (C=O) groups excluding carboxylic acids is 1. The molecule has 0 bridgehead atoms. The topological polar surface area (TPSA) is 92.3 Å². The van der Waals surface area contributed by atoms with Crippen molar-refractivity contribution in [1.82, 2.24) is 14.8 Å². The smallest absolute Gasteiger partial charge is 0.493 e. The van der Waals surface area contributed by atoms with Crippen LogP contribution in [-0.2, 0) is 11.2 Å². The predicted molar refractivity (Wildman–Crippen MR) is 138 cm³/mol. The molecule has 7 nitrogen and oxygen atoms in total. The number of nitriles is 1. The third kappa shape index (κ3) is 6.07. The van der Waals surface area contributed by atoms with Gasteiger partial charge in [-0.3, -0.25) is 18.4 Å². The van der Waals surface area contributed by atoms with Gasteiger partial charge in [-0.1, -0.05) is 0 Å². The van der Waals surface area contributed by atoms with Crippen LogP contribution < -0.4 is 10.1 Å². The number of benzene rings is 1. The Morgan fingerprint density at radius 1 is 1.31 bits per heavy atom. The van der Waals surface area contributed by atoms with E-state index >= 15 is 0 Å². The van der Waals surface area contributed by atoms with E-state index in [1.807, 2.05) is 32.1 Å². The standard InChI is InChI=1S/C25H24BF2N5O2S/c1-16-12-17(2)31-22(16)13-19-5-4-18(33(19)26(27)28)6-9-24(34)30-10-3-11-35-20-7-8-21-23(14-20)36-25(15-29)32-21/h4-5,7-8,12-14H,3,6,9-11H2,1-2H3,(H,30,34). The fraction of sp³-hybridized carbons (Fsp3) is 0.280. The zero-order valence-electron chi connectivity index (χ0n) is 19.9. The van der Waals surface area contributed by atoms with Gasteiger partial charge in [0.2, 0.25) is 5.91 Å². The van der Waals surface area contributed by atoms with E-state index < -0.39 is 7.40 Å². The molecule has 3 aromatic rings. The lowest BCUT2D eigenvalue weighted by atomic mass is 10.1. The zero-order chi connectivity index (χ0) is 25.7. The predicted octanol–water partition coefficient (Wildman–Crippen LogP) is 5.02. The number of fused-ring (bicyclic) bond motifs is 1. The van der Waals surface area contributed by atoms with Crippen LogP contribution in [0.15, 0.2) is 52.7 Å². The van der Waals surface area contributed by atoms with Gasteiger partial charge in [0.05, 0.1) is 22.5 Å². The second-order valence-corrected chi connectivity index (χ2v) is 9.35. The van der Waals surface area contributed by atoms with Gasteiger partial charge in [-0.25, -0.2) is 4.98 Å². The maximum absolute atomic E-state index is 13.8. The number of hydrogen-bond acceptors (Lipinski definition) is 6. The number of nitrogens with zero attached hydrogens (tertiary/aromatic N) is 4. The maximum Gasteiger partial charge on any atom is 0.677 e. The van der Waals surface area contributed by atoms with Crippen LogP contribution in [0.1, 0.15) is 43.1 Å². The van der Waals surface area contributed by atoms with E-state index in [1.54, 1.807) is 30.3 Å². The Hall–Kier alpha value is -3.78. The van der Waals surface area contributed by atoms with E-state index in [0.717, 1.165) is 26.0 Å². The molecule has 0 aliphatic carbocycles. The first kappa shape index (κ1) is 25.3. The second-order valence-electron chi connectivity index (χ2n) is 8.32. The Morgan fingerprint density at radius 2 is 2.14 bits per heavy atom. The van der Waals surface area contributed by atoms with Crippen molar-refractivity contribution >= 4 is 46.7 Å². The summed E-state index contributed by atoms with van der Waals surface area (Å²) < 4.78 is 35.1. The van der Waals surface area contributed by atoms with Crippen LogP contribution in [0.3, 0.4) is 0 Å². The molecule has 36 heavy (non-hydrogen) atoms. The quantitative estimate of drug-likeness (QED) is 0.308. The van der Waals surface area contributed by atoms with Crippen LogP contribution in [0.5, 0.6) is 5.75 Å². The van der Waals surface area contributed by atoms with Crippen molar-refractivity contribution in [2.45, 2.75) is 33.1 Å². The van der Waals surface area contributed by atoms with Gasteiger partial charge >= 0.3 is 7.40 Å². The van der Waals surface area contributed by atoms with Crippen molar-refractivity contribution < 1.29 is 18.2 Å². The molecule has 0 atom stereocenters. The van der Waals surface area contributed by atoms with Crippen molar-refractivity contribution in [3.05, 3.63) is 64.1 Å². The van der Waals surface area contributed by atoms with Gasteiger partial charge in [0.15, 0.2) is 5.01 Å². The number of amides is 1. The summed E-state index contributed by atoms with van der Waals surface area (Å²) in [5, 5.41) is 12.2. The Labute approximate surface area is 212 Å². The monoisotopic (exact) mass is 507 g/mol. The molecule has 3 heterocycles. The molecule has 184 valence electrons. The minimum Gasteiger partial charge on any atom is -0.493 e. The van der Waals surface area contributed by atoms with Gasteiger partial charge < -0.3 is 14.5 Å². The van der Waals surface area contributed by atoms with Crippen LogP contribution in [0.25, 0.3) is 16.3 Å². The summed E-state index contributed by atoms with van der Waals surface area (Å²) in [6, 6.07) is 10.7. The molecular formula is C25H24BF2N5O2S. The Bertz CT molecular complexity index is 1420. The summed E-state index contributed by atoms with van der Waals surface area (Å²) in [4.78, 5) is 20.8. The normalized spacial score (nSPS) is 14.0. The summed E-state index contributed by atoms with van der Waals surface area (Å²) in [6.45, 7) is 4.57. The fourth-order valence-corrected chi connectivity index (χ4v) is 4.71. The number of ether oxygens (including phenoxy) is 1. The lowest BCUT2D eigenvalue weighted by Crippen LogP contribution is -2.26. The molecule has 1 aromatic carbocycles. The summed E-state index contributed by atoms with van der Waals surface area (Å²) in [6.07, 6.45) is 4.45. The molecule has 0 unspecified atom stereocenters. The molecule has 1 aliphatic rings. The van der Waals surface area contributed by atoms with Crippen LogP contribution in [0.2, 0.25) is 0 Å². The summed E-state index contributed by atoms with van der Waals surface area (Å²) >= 11 is 1.31. The Kier molecular flexibility index (Phi) is 7.95. The molecule has 0 spiro atoms. The fourth-order valence-electron chi connectivity index (χ4n) is 3.91. The van der Waals surface area contributed by atoms with E-state index in [1.165, 1.54) is 11.3 Å². The van der Waals surface area contributed by atoms with Crippen molar-refractivity contribution in [1.29, 1.82) is 5.26 Å². The second kappa shape index (κ2) is 11.3. The van der Waals surface area contributed by atoms with Gasteiger partial charge in [0, 0.05) is 30.1 Å². The summed E-state index contributed by atoms with van der Waals surface area (Å²) in [7, 11) is -2.71. The van der Waals surface area contributed by atoms with Crippen molar-refractivity contribution in [3.63, 3.8) is 0 Å². The van der Waals surface area contributed by atoms with E-state index in [2.05, 4.69) is 15.3 Å². The first-order chi connectivity index (χ1) is 17.3. The summed E-state index contributed by atoms with van der Waals surface area (Å²) in [5.74, 6) is 0.464. The molecule has 0 saturated heterocycles. The average molecular weight is 507 g/mol. The SMILES string of the molecule is CC1=CC(C)=NC1=Cc1ccc(CCC(=O)NCCCOc2ccc3nc(C#N)sc3c2)n1B(F)F. The third-order valence-corrected chi connectivity index (χ3v) is 6.54. The number of nitrogens with one attached hydrogen (secondary N) is 1. The largest absolute Gasteiger partial charge is 0.677 e. The first-order valence-corrected chi connectivity index (χ1v) is 12.3. The maximum atomic E-state index is 13.8. The van der Waals surface area contributed by atoms with E-state index in [4.69, 9.17) is 10.00 Å². The first-order valence-electron chi connectivity index (χ1n) is 11.5. The Morgan fingerprint density at radius 3 is 2.86 bits per heavy atom.